The van der Waals surface area contributed by atoms with Gasteiger partial charge in [0, 0.05) is 6.61 Å². The molecule has 0 heterocycles. The normalized spacial score (nSPS) is 35.2. The molecule has 3 aliphatic rings. The molecule has 2 bridgehead atoms. The summed E-state index contributed by atoms with van der Waals surface area (Å²) in [7, 11) is 1.47. The Bertz CT molecular complexity index is 422. The maximum absolute atomic E-state index is 13.6. The third-order valence-corrected chi connectivity index (χ3v) is 4.24. The van der Waals surface area contributed by atoms with Gasteiger partial charge in [0.25, 0.3) is 0 Å². The topological polar surface area (TPSA) is 29.5 Å². The van der Waals surface area contributed by atoms with Gasteiger partial charge in [0.15, 0.2) is 11.6 Å². The number of benzene rings is 1. The summed E-state index contributed by atoms with van der Waals surface area (Å²) in [6.07, 6.45) is 3.01. The summed E-state index contributed by atoms with van der Waals surface area (Å²) in [5.41, 5.74) is 1.37. The van der Waals surface area contributed by atoms with Gasteiger partial charge in [-0.05, 0) is 47.8 Å². The number of halogens is 1. The van der Waals surface area contributed by atoms with Crippen LogP contribution in [0.3, 0.4) is 0 Å². The average molecular weight is 222 g/mol. The second-order valence-corrected chi connectivity index (χ2v) is 5.32. The SMILES string of the molecule is COc1ccc(C23CC(CO)(C2)C3)cc1F. The van der Waals surface area contributed by atoms with Crippen molar-refractivity contribution >= 4 is 0 Å². The first kappa shape index (κ1) is 10.1. The van der Waals surface area contributed by atoms with Gasteiger partial charge >= 0.3 is 0 Å². The van der Waals surface area contributed by atoms with Gasteiger partial charge in [-0.15, -0.1) is 0 Å². The highest BCUT2D eigenvalue weighted by Gasteiger charge is 2.67. The number of rotatable bonds is 3. The fraction of sp³-hybridized carbons (Fsp3) is 0.538. The molecule has 4 rings (SSSR count). The molecule has 3 fully saturated rings. The summed E-state index contributed by atoms with van der Waals surface area (Å²) in [6, 6.07) is 5.22. The van der Waals surface area contributed by atoms with E-state index in [1.54, 1.807) is 12.1 Å². The van der Waals surface area contributed by atoms with Crippen LogP contribution in [-0.4, -0.2) is 18.8 Å². The zero-order chi connectivity index (χ0) is 11.4. The second-order valence-electron chi connectivity index (χ2n) is 5.32. The molecule has 0 unspecified atom stereocenters. The number of hydrogen-bond donors (Lipinski definition) is 1. The third-order valence-electron chi connectivity index (χ3n) is 4.24. The Morgan fingerprint density at radius 1 is 1.38 bits per heavy atom. The van der Waals surface area contributed by atoms with E-state index in [0.717, 1.165) is 24.8 Å². The lowest BCUT2D eigenvalue weighted by Gasteiger charge is -2.70. The van der Waals surface area contributed by atoms with Gasteiger partial charge in [-0.2, -0.15) is 0 Å². The van der Waals surface area contributed by atoms with E-state index in [-0.39, 0.29) is 23.3 Å². The zero-order valence-corrected chi connectivity index (χ0v) is 9.29. The van der Waals surface area contributed by atoms with Crippen LogP contribution in [0.1, 0.15) is 24.8 Å². The van der Waals surface area contributed by atoms with Gasteiger partial charge in [-0.3, -0.25) is 0 Å². The van der Waals surface area contributed by atoms with E-state index in [0.29, 0.717) is 5.75 Å². The van der Waals surface area contributed by atoms with Crippen molar-refractivity contribution in [3.05, 3.63) is 29.6 Å². The van der Waals surface area contributed by atoms with E-state index in [4.69, 9.17) is 4.74 Å². The molecule has 0 amide bonds. The predicted octanol–water partition coefficient (Wildman–Crippen LogP) is 2.25. The molecule has 3 heteroatoms. The molecule has 3 saturated carbocycles. The van der Waals surface area contributed by atoms with Crippen LogP contribution in [0.15, 0.2) is 18.2 Å². The zero-order valence-electron chi connectivity index (χ0n) is 9.29. The molecule has 0 saturated heterocycles. The first-order valence-corrected chi connectivity index (χ1v) is 5.58. The fourth-order valence-electron chi connectivity index (χ4n) is 3.47. The lowest BCUT2D eigenvalue weighted by Crippen LogP contribution is -2.66. The van der Waals surface area contributed by atoms with E-state index >= 15 is 0 Å². The van der Waals surface area contributed by atoms with Crippen molar-refractivity contribution in [3.63, 3.8) is 0 Å². The van der Waals surface area contributed by atoms with Gasteiger partial charge in [-0.25, -0.2) is 4.39 Å². The van der Waals surface area contributed by atoms with Crippen LogP contribution in [0.5, 0.6) is 5.75 Å². The monoisotopic (exact) mass is 222 g/mol. The molecule has 86 valence electrons. The standard InChI is InChI=1S/C13H15FO2/c1-16-11-3-2-9(4-10(11)14)13-5-12(6-13,7-13)8-15/h2-4,15H,5-8H2,1H3. The van der Waals surface area contributed by atoms with Gasteiger partial charge in [-0.1, -0.05) is 6.07 Å². The lowest BCUT2D eigenvalue weighted by atomic mass is 9.34. The van der Waals surface area contributed by atoms with Gasteiger partial charge in [0.2, 0.25) is 0 Å². The molecule has 16 heavy (non-hydrogen) atoms. The van der Waals surface area contributed by atoms with Crippen molar-refractivity contribution in [3.8, 4) is 5.75 Å². The molecular formula is C13H15FO2. The molecule has 0 atom stereocenters. The predicted molar refractivity (Wildman–Crippen MR) is 58.0 cm³/mol. The number of hydrogen-bond acceptors (Lipinski definition) is 2. The number of aliphatic hydroxyl groups is 1. The van der Waals surface area contributed by atoms with Gasteiger partial charge in [0.1, 0.15) is 0 Å². The summed E-state index contributed by atoms with van der Waals surface area (Å²) in [4.78, 5) is 0. The van der Waals surface area contributed by atoms with Crippen LogP contribution in [0.25, 0.3) is 0 Å². The Morgan fingerprint density at radius 3 is 2.56 bits per heavy atom. The molecule has 1 N–H and O–H groups in total. The molecule has 2 nitrogen and oxygen atoms in total. The first-order valence-electron chi connectivity index (χ1n) is 5.58. The Balaban J connectivity index is 1.85. The minimum Gasteiger partial charge on any atom is -0.494 e. The van der Waals surface area contributed by atoms with Gasteiger partial charge < -0.3 is 9.84 Å². The minimum atomic E-state index is -0.289. The molecule has 0 aliphatic heterocycles. The second kappa shape index (κ2) is 2.98. The molecule has 0 spiro atoms. The summed E-state index contributed by atoms with van der Waals surface area (Å²) >= 11 is 0. The summed E-state index contributed by atoms with van der Waals surface area (Å²) in [6.45, 7) is 0.271. The van der Waals surface area contributed by atoms with Crippen LogP contribution in [0.4, 0.5) is 4.39 Å². The summed E-state index contributed by atoms with van der Waals surface area (Å²) < 4.78 is 18.5. The molecular weight excluding hydrogens is 207 g/mol. The fourth-order valence-corrected chi connectivity index (χ4v) is 3.47. The van der Waals surface area contributed by atoms with E-state index in [1.807, 2.05) is 6.07 Å². The molecule has 1 aromatic carbocycles. The van der Waals surface area contributed by atoms with Crippen LogP contribution in [-0.2, 0) is 5.41 Å². The van der Waals surface area contributed by atoms with E-state index in [1.165, 1.54) is 7.11 Å². The van der Waals surface area contributed by atoms with Crippen LogP contribution >= 0.6 is 0 Å². The van der Waals surface area contributed by atoms with Crippen molar-refractivity contribution in [2.45, 2.75) is 24.7 Å². The maximum Gasteiger partial charge on any atom is 0.165 e. The Labute approximate surface area is 94.0 Å². The Hall–Kier alpha value is -1.09. The van der Waals surface area contributed by atoms with Gasteiger partial charge in [0.05, 0.1) is 7.11 Å². The van der Waals surface area contributed by atoms with E-state index in [9.17, 15) is 9.50 Å². The highest BCUT2D eigenvalue weighted by atomic mass is 19.1. The average Bonchev–Trinajstić information content (AvgIpc) is 2.15. The molecule has 1 aromatic rings. The van der Waals surface area contributed by atoms with Crippen molar-refractivity contribution in [2.75, 3.05) is 13.7 Å². The maximum atomic E-state index is 13.6. The van der Waals surface area contributed by atoms with Crippen LogP contribution in [0, 0.1) is 11.2 Å². The van der Waals surface area contributed by atoms with Crippen LogP contribution in [0.2, 0.25) is 0 Å². The van der Waals surface area contributed by atoms with E-state index in [2.05, 4.69) is 0 Å². The third kappa shape index (κ3) is 1.09. The van der Waals surface area contributed by atoms with Crippen molar-refractivity contribution in [1.29, 1.82) is 0 Å². The van der Waals surface area contributed by atoms with Crippen molar-refractivity contribution in [2.24, 2.45) is 5.41 Å². The Morgan fingerprint density at radius 2 is 2.06 bits per heavy atom. The molecule has 0 aromatic heterocycles. The molecule has 3 aliphatic carbocycles. The number of methoxy groups -OCH3 is 1. The lowest BCUT2D eigenvalue weighted by molar-refractivity contribution is -0.168. The van der Waals surface area contributed by atoms with Crippen molar-refractivity contribution < 1.29 is 14.2 Å². The number of aliphatic hydroxyl groups excluding tert-OH is 1. The summed E-state index contributed by atoms with van der Waals surface area (Å²) in [5.74, 6) is 0.00925. The largest absolute Gasteiger partial charge is 0.494 e. The summed E-state index contributed by atoms with van der Waals surface area (Å²) in [5, 5.41) is 9.19. The molecule has 0 radical (unpaired) electrons. The number of ether oxygens (including phenoxy) is 1. The minimum absolute atomic E-state index is 0.149. The van der Waals surface area contributed by atoms with Crippen LogP contribution < -0.4 is 4.74 Å². The van der Waals surface area contributed by atoms with E-state index < -0.39 is 0 Å². The Kier molecular flexibility index (Phi) is 1.88. The highest BCUT2D eigenvalue weighted by Crippen LogP contribution is 2.73. The highest BCUT2D eigenvalue weighted by molar-refractivity contribution is 5.41. The smallest absolute Gasteiger partial charge is 0.165 e. The first-order chi connectivity index (χ1) is 7.63. The quantitative estimate of drug-likeness (QED) is 0.850. The van der Waals surface area contributed by atoms with Crippen molar-refractivity contribution in [1.82, 2.24) is 0 Å².